The minimum Gasteiger partial charge on any atom is -0.493 e. The fourth-order valence-corrected chi connectivity index (χ4v) is 3.05. The summed E-state index contributed by atoms with van der Waals surface area (Å²) in [4.78, 5) is 17.2. The molecule has 3 aromatic rings. The normalized spacial score (nSPS) is 11.3. The molecule has 0 fully saturated rings. The molecule has 6 nitrogen and oxygen atoms in total. The average molecular weight is 437 g/mol. The van der Waals surface area contributed by atoms with E-state index in [4.69, 9.17) is 21.1 Å². The molecule has 0 amide bonds. The van der Waals surface area contributed by atoms with E-state index in [0.29, 0.717) is 38.8 Å². The number of aromatic nitrogens is 2. The van der Waals surface area contributed by atoms with Gasteiger partial charge in [0.05, 0.1) is 36.4 Å². The predicted molar refractivity (Wildman–Crippen MR) is 106 cm³/mol. The number of fused-ring (bicyclic) bond motifs is 1. The molecular weight excluding hydrogens is 422 g/mol. The molecule has 0 atom stereocenters. The number of benzene rings is 2. The highest BCUT2D eigenvalue weighted by Gasteiger charge is 2.10. The second kappa shape index (κ2) is 7.47. The minimum atomic E-state index is -0.262. The zero-order valence-corrected chi connectivity index (χ0v) is 16.6. The number of halogens is 2. The Labute approximate surface area is 163 Å². The molecule has 1 aromatic heterocycles. The molecule has 0 bridgehead atoms. The Balaban J connectivity index is 2.10. The molecule has 0 unspecified atom stereocenters. The van der Waals surface area contributed by atoms with Crippen LogP contribution < -0.4 is 15.0 Å². The second-order valence-corrected chi connectivity index (χ2v) is 6.73. The Hall–Kier alpha value is -2.38. The van der Waals surface area contributed by atoms with Crippen LogP contribution in [0.15, 0.2) is 44.7 Å². The quantitative estimate of drug-likeness (QED) is 0.579. The van der Waals surface area contributed by atoms with Gasteiger partial charge in [-0.2, -0.15) is 9.78 Å². The lowest BCUT2D eigenvalue weighted by atomic mass is 10.2. The van der Waals surface area contributed by atoms with Gasteiger partial charge in [0, 0.05) is 16.1 Å². The maximum atomic E-state index is 12.7. The van der Waals surface area contributed by atoms with Gasteiger partial charge in [-0.15, -0.1) is 0 Å². The van der Waals surface area contributed by atoms with Crippen LogP contribution in [0.5, 0.6) is 11.5 Å². The Morgan fingerprint density at radius 3 is 2.58 bits per heavy atom. The fourth-order valence-electron chi connectivity index (χ4n) is 2.48. The molecule has 0 aliphatic rings. The molecular formula is C18H15BrClN3O3. The molecule has 26 heavy (non-hydrogen) atoms. The SMILES string of the molecule is COc1cc(Cl)c(C=Nn2c(C)nc3ccc(Br)cc3c2=O)cc1OC. The van der Waals surface area contributed by atoms with Gasteiger partial charge in [0.2, 0.25) is 0 Å². The van der Waals surface area contributed by atoms with Gasteiger partial charge in [-0.3, -0.25) is 4.79 Å². The average Bonchev–Trinajstić information content (AvgIpc) is 2.63. The molecule has 0 aliphatic heterocycles. The zero-order chi connectivity index (χ0) is 18.8. The standard InChI is InChI=1S/C18H15BrClN3O3/c1-10-22-15-5-4-12(19)7-13(15)18(24)23(10)21-9-11-6-16(25-2)17(26-3)8-14(11)20/h4-9H,1-3H3. The van der Waals surface area contributed by atoms with E-state index in [1.807, 2.05) is 6.07 Å². The summed E-state index contributed by atoms with van der Waals surface area (Å²) in [6.45, 7) is 1.72. The van der Waals surface area contributed by atoms with Crippen LogP contribution in [0.2, 0.25) is 5.02 Å². The summed E-state index contributed by atoms with van der Waals surface area (Å²) in [6.07, 6.45) is 1.49. The molecule has 0 N–H and O–H groups in total. The van der Waals surface area contributed by atoms with Crippen molar-refractivity contribution in [3.8, 4) is 11.5 Å². The topological polar surface area (TPSA) is 65.7 Å². The molecule has 0 spiro atoms. The van der Waals surface area contributed by atoms with Crippen LogP contribution in [0.1, 0.15) is 11.4 Å². The monoisotopic (exact) mass is 435 g/mol. The largest absolute Gasteiger partial charge is 0.493 e. The van der Waals surface area contributed by atoms with Crippen molar-refractivity contribution in [1.29, 1.82) is 0 Å². The van der Waals surface area contributed by atoms with E-state index in [1.54, 1.807) is 31.2 Å². The first-order chi connectivity index (χ1) is 12.4. The highest BCUT2D eigenvalue weighted by atomic mass is 79.9. The van der Waals surface area contributed by atoms with Crippen LogP contribution in [0, 0.1) is 6.92 Å². The molecule has 134 valence electrons. The van der Waals surface area contributed by atoms with Crippen molar-refractivity contribution in [3.63, 3.8) is 0 Å². The van der Waals surface area contributed by atoms with Crippen molar-refractivity contribution in [3.05, 3.63) is 61.6 Å². The highest BCUT2D eigenvalue weighted by Crippen LogP contribution is 2.32. The van der Waals surface area contributed by atoms with Crippen molar-refractivity contribution in [2.24, 2.45) is 5.10 Å². The summed E-state index contributed by atoms with van der Waals surface area (Å²) < 4.78 is 12.5. The molecule has 0 aliphatic carbocycles. The molecule has 3 rings (SSSR count). The van der Waals surface area contributed by atoms with E-state index in [9.17, 15) is 4.79 Å². The maximum Gasteiger partial charge on any atom is 0.282 e. The highest BCUT2D eigenvalue weighted by molar-refractivity contribution is 9.10. The predicted octanol–water partition coefficient (Wildman–Crippen LogP) is 4.02. The van der Waals surface area contributed by atoms with Gasteiger partial charge in [0.25, 0.3) is 5.56 Å². The van der Waals surface area contributed by atoms with Crippen molar-refractivity contribution in [2.75, 3.05) is 14.2 Å². The zero-order valence-electron chi connectivity index (χ0n) is 14.3. The smallest absolute Gasteiger partial charge is 0.282 e. The molecule has 0 saturated carbocycles. The number of aryl methyl sites for hydroxylation is 1. The number of hydrogen-bond donors (Lipinski definition) is 0. The minimum absolute atomic E-state index is 0.262. The third-order valence-electron chi connectivity index (χ3n) is 3.79. The third-order valence-corrected chi connectivity index (χ3v) is 4.61. The first kappa shape index (κ1) is 18.4. The lowest BCUT2D eigenvalue weighted by Gasteiger charge is -2.10. The number of nitrogens with zero attached hydrogens (tertiary/aromatic N) is 3. The summed E-state index contributed by atoms with van der Waals surface area (Å²) in [5.41, 5.74) is 0.943. The van der Waals surface area contributed by atoms with Gasteiger partial charge in [-0.25, -0.2) is 4.98 Å². The van der Waals surface area contributed by atoms with Crippen molar-refractivity contribution in [1.82, 2.24) is 9.66 Å². The van der Waals surface area contributed by atoms with Gasteiger partial charge in [-0.05, 0) is 31.2 Å². The van der Waals surface area contributed by atoms with Gasteiger partial charge in [0.1, 0.15) is 5.82 Å². The lowest BCUT2D eigenvalue weighted by Crippen LogP contribution is -2.20. The van der Waals surface area contributed by atoms with Gasteiger partial charge in [0.15, 0.2) is 11.5 Å². The van der Waals surface area contributed by atoms with Crippen molar-refractivity contribution in [2.45, 2.75) is 6.92 Å². The maximum absolute atomic E-state index is 12.7. The van der Waals surface area contributed by atoms with Gasteiger partial charge < -0.3 is 9.47 Å². The van der Waals surface area contributed by atoms with E-state index in [-0.39, 0.29) is 5.56 Å². The summed E-state index contributed by atoms with van der Waals surface area (Å²) in [6, 6.07) is 8.67. The van der Waals surface area contributed by atoms with Crippen molar-refractivity contribution < 1.29 is 9.47 Å². The van der Waals surface area contributed by atoms with Crippen LogP contribution in [0.3, 0.4) is 0 Å². The van der Waals surface area contributed by atoms with Crippen LogP contribution >= 0.6 is 27.5 Å². The Bertz CT molecular complexity index is 1080. The molecule has 8 heteroatoms. The van der Waals surface area contributed by atoms with E-state index >= 15 is 0 Å². The summed E-state index contributed by atoms with van der Waals surface area (Å²) >= 11 is 9.63. The van der Waals surface area contributed by atoms with Crippen LogP contribution in [-0.2, 0) is 0 Å². The Kier molecular flexibility index (Phi) is 5.29. The van der Waals surface area contributed by atoms with E-state index in [1.165, 1.54) is 25.1 Å². The Morgan fingerprint density at radius 2 is 1.88 bits per heavy atom. The van der Waals surface area contributed by atoms with Crippen LogP contribution in [0.25, 0.3) is 10.9 Å². The van der Waals surface area contributed by atoms with E-state index < -0.39 is 0 Å². The van der Waals surface area contributed by atoms with Gasteiger partial charge in [-0.1, -0.05) is 27.5 Å². The fraction of sp³-hybridized carbons (Fsp3) is 0.167. The number of methoxy groups -OCH3 is 2. The lowest BCUT2D eigenvalue weighted by molar-refractivity contribution is 0.355. The van der Waals surface area contributed by atoms with Crippen LogP contribution in [-0.4, -0.2) is 30.1 Å². The molecule has 2 aromatic carbocycles. The summed E-state index contributed by atoms with van der Waals surface area (Å²) in [7, 11) is 3.07. The number of hydrogen-bond acceptors (Lipinski definition) is 5. The summed E-state index contributed by atoms with van der Waals surface area (Å²) in [5.74, 6) is 1.50. The Morgan fingerprint density at radius 1 is 1.19 bits per heavy atom. The summed E-state index contributed by atoms with van der Waals surface area (Å²) in [5, 5.41) is 5.16. The molecule has 1 heterocycles. The van der Waals surface area contributed by atoms with Gasteiger partial charge >= 0.3 is 0 Å². The first-order valence-corrected chi connectivity index (χ1v) is 8.76. The first-order valence-electron chi connectivity index (χ1n) is 7.59. The number of ether oxygens (including phenoxy) is 2. The van der Waals surface area contributed by atoms with E-state index in [2.05, 4.69) is 26.0 Å². The number of rotatable bonds is 4. The van der Waals surface area contributed by atoms with Crippen molar-refractivity contribution >= 4 is 44.6 Å². The molecule has 0 radical (unpaired) electrons. The second-order valence-electron chi connectivity index (χ2n) is 5.41. The van der Waals surface area contributed by atoms with E-state index in [0.717, 1.165) is 4.47 Å². The third kappa shape index (κ3) is 3.45. The molecule has 0 saturated heterocycles. The van der Waals surface area contributed by atoms with Crippen LogP contribution in [0.4, 0.5) is 0 Å².